The molecular formula is C13H21ClN2. The number of likely N-dealkylation sites (tertiary alicyclic amines) is 1. The Hall–Kier alpha value is -0.570. The average Bonchev–Trinajstić information content (AvgIpc) is 2.69. The Bertz CT molecular complexity index is 327. The quantitative estimate of drug-likeness (QED) is 0.872. The third-order valence-corrected chi connectivity index (χ3v) is 3.34. The van der Waals surface area contributed by atoms with Crippen LogP contribution in [0.4, 0.5) is 0 Å². The second-order valence-electron chi connectivity index (χ2n) is 4.44. The molecule has 0 spiro atoms. The number of likely N-dealkylation sites (N-methyl/N-ethyl adjacent to an activating group) is 1. The topological polar surface area (TPSA) is 15.3 Å². The van der Waals surface area contributed by atoms with Crippen LogP contribution < -0.4 is 5.32 Å². The highest BCUT2D eigenvalue weighted by atomic mass is 35.5. The zero-order valence-corrected chi connectivity index (χ0v) is 10.9. The standard InChI is InChI=1S/C13H20N2.ClH/c1-11-5-3-4-6-12(11)9-15-8-7-13(10-15)14-2;/h3-6,13-14H,7-10H2,1-2H3;1H. The Morgan fingerprint density at radius 2 is 2.12 bits per heavy atom. The van der Waals surface area contributed by atoms with E-state index in [9.17, 15) is 0 Å². The average molecular weight is 241 g/mol. The molecule has 16 heavy (non-hydrogen) atoms. The lowest BCUT2D eigenvalue weighted by Crippen LogP contribution is -2.29. The summed E-state index contributed by atoms with van der Waals surface area (Å²) in [6, 6.07) is 9.37. The molecule has 1 heterocycles. The molecule has 0 aliphatic carbocycles. The molecule has 1 atom stereocenters. The summed E-state index contributed by atoms with van der Waals surface area (Å²) in [6.07, 6.45) is 1.28. The predicted octanol–water partition coefficient (Wildman–Crippen LogP) is 2.21. The maximum atomic E-state index is 3.35. The van der Waals surface area contributed by atoms with Gasteiger partial charge in [-0.2, -0.15) is 0 Å². The van der Waals surface area contributed by atoms with Crippen LogP contribution in [0, 0.1) is 6.92 Å². The number of aryl methyl sites for hydroxylation is 1. The van der Waals surface area contributed by atoms with Crippen molar-refractivity contribution >= 4 is 12.4 Å². The van der Waals surface area contributed by atoms with Gasteiger partial charge in [0, 0.05) is 25.7 Å². The van der Waals surface area contributed by atoms with Crippen LogP contribution >= 0.6 is 12.4 Å². The molecule has 1 N–H and O–H groups in total. The Kier molecular flexibility index (Phi) is 5.26. The van der Waals surface area contributed by atoms with Crippen LogP contribution in [0.2, 0.25) is 0 Å². The first kappa shape index (κ1) is 13.5. The van der Waals surface area contributed by atoms with Crippen molar-refractivity contribution < 1.29 is 0 Å². The molecule has 2 nitrogen and oxygen atoms in total. The summed E-state index contributed by atoms with van der Waals surface area (Å²) in [7, 11) is 2.06. The van der Waals surface area contributed by atoms with Gasteiger partial charge >= 0.3 is 0 Å². The van der Waals surface area contributed by atoms with Crippen molar-refractivity contribution in [1.29, 1.82) is 0 Å². The van der Waals surface area contributed by atoms with E-state index in [0.717, 1.165) is 6.54 Å². The van der Waals surface area contributed by atoms with Crippen molar-refractivity contribution in [2.75, 3.05) is 20.1 Å². The summed E-state index contributed by atoms with van der Waals surface area (Å²) in [6.45, 7) is 5.70. The lowest BCUT2D eigenvalue weighted by Gasteiger charge is -2.17. The maximum Gasteiger partial charge on any atom is 0.0237 e. The van der Waals surface area contributed by atoms with E-state index in [1.807, 2.05) is 0 Å². The van der Waals surface area contributed by atoms with Gasteiger partial charge in [-0.25, -0.2) is 0 Å². The minimum atomic E-state index is 0. The minimum absolute atomic E-state index is 0. The van der Waals surface area contributed by atoms with Gasteiger partial charge in [0.25, 0.3) is 0 Å². The van der Waals surface area contributed by atoms with Crippen molar-refractivity contribution in [3.8, 4) is 0 Å². The van der Waals surface area contributed by atoms with Crippen LogP contribution in [-0.2, 0) is 6.54 Å². The molecule has 0 bridgehead atoms. The lowest BCUT2D eigenvalue weighted by atomic mass is 10.1. The highest BCUT2D eigenvalue weighted by molar-refractivity contribution is 5.85. The van der Waals surface area contributed by atoms with E-state index in [2.05, 4.69) is 48.5 Å². The SMILES string of the molecule is CNC1CCN(Cc2ccccc2C)C1.Cl. The molecule has 0 radical (unpaired) electrons. The second kappa shape index (κ2) is 6.24. The van der Waals surface area contributed by atoms with Crippen LogP contribution in [-0.4, -0.2) is 31.1 Å². The highest BCUT2D eigenvalue weighted by Crippen LogP contribution is 2.15. The summed E-state index contributed by atoms with van der Waals surface area (Å²) < 4.78 is 0. The fourth-order valence-corrected chi connectivity index (χ4v) is 2.24. The monoisotopic (exact) mass is 240 g/mol. The number of nitrogens with one attached hydrogen (secondary N) is 1. The molecule has 1 aliphatic heterocycles. The van der Waals surface area contributed by atoms with Crippen molar-refractivity contribution in [3.63, 3.8) is 0 Å². The van der Waals surface area contributed by atoms with E-state index < -0.39 is 0 Å². The van der Waals surface area contributed by atoms with Gasteiger partial charge in [-0.1, -0.05) is 24.3 Å². The number of nitrogens with zero attached hydrogens (tertiary/aromatic N) is 1. The summed E-state index contributed by atoms with van der Waals surface area (Å²) in [5.74, 6) is 0. The normalized spacial score (nSPS) is 20.8. The number of hydrogen-bond acceptors (Lipinski definition) is 2. The molecular weight excluding hydrogens is 220 g/mol. The fourth-order valence-electron chi connectivity index (χ4n) is 2.24. The summed E-state index contributed by atoms with van der Waals surface area (Å²) in [5, 5.41) is 3.35. The molecule has 1 fully saturated rings. The molecule has 1 saturated heterocycles. The van der Waals surface area contributed by atoms with Gasteiger partial charge in [0.05, 0.1) is 0 Å². The molecule has 1 aliphatic rings. The Morgan fingerprint density at radius 1 is 1.38 bits per heavy atom. The number of rotatable bonds is 3. The molecule has 1 aromatic rings. The molecule has 90 valence electrons. The van der Waals surface area contributed by atoms with Gasteiger partial charge in [0.15, 0.2) is 0 Å². The van der Waals surface area contributed by atoms with E-state index in [0.29, 0.717) is 6.04 Å². The summed E-state index contributed by atoms with van der Waals surface area (Å²) >= 11 is 0. The Morgan fingerprint density at radius 3 is 2.75 bits per heavy atom. The van der Waals surface area contributed by atoms with E-state index >= 15 is 0 Å². The second-order valence-corrected chi connectivity index (χ2v) is 4.44. The lowest BCUT2D eigenvalue weighted by molar-refractivity contribution is 0.322. The molecule has 2 rings (SSSR count). The first-order valence-electron chi connectivity index (χ1n) is 5.73. The molecule has 3 heteroatoms. The molecule has 0 aromatic heterocycles. The van der Waals surface area contributed by atoms with Gasteiger partial charge in [0.1, 0.15) is 0 Å². The number of halogens is 1. The zero-order chi connectivity index (χ0) is 10.7. The molecule has 1 aromatic carbocycles. The van der Waals surface area contributed by atoms with Crippen molar-refractivity contribution in [3.05, 3.63) is 35.4 Å². The fraction of sp³-hybridized carbons (Fsp3) is 0.538. The Labute approximate surface area is 104 Å². The van der Waals surface area contributed by atoms with E-state index in [4.69, 9.17) is 0 Å². The van der Waals surface area contributed by atoms with Crippen LogP contribution in [0.15, 0.2) is 24.3 Å². The predicted molar refractivity (Wildman–Crippen MR) is 71.2 cm³/mol. The number of hydrogen-bond donors (Lipinski definition) is 1. The third-order valence-electron chi connectivity index (χ3n) is 3.34. The van der Waals surface area contributed by atoms with Gasteiger partial charge in [-0.15, -0.1) is 12.4 Å². The smallest absolute Gasteiger partial charge is 0.0237 e. The minimum Gasteiger partial charge on any atom is -0.316 e. The van der Waals surface area contributed by atoms with Crippen LogP contribution in [0.5, 0.6) is 0 Å². The maximum absolute atomic E-state index is 3.35. The van der Waals surface area contributed by atoms with Crippen LogP contribution in [0.25, 0.3) is 0 Å². The van der Waals surface area contributed by atoms with Crippen molar-refractivity contribution in [2.24, 2.45) is 0 Å². The Balaban J connectivity index is 0.00000128. The highest BCUT2D eigenvalue weighted by Gasteiger charge is 2.20. The van der Waals surface area contributed by atoms with Gasteiger partial charge in [0.2, 0.25) is 0 Å². The zero-order valence-electron chi connectivity index (χ0n) is 10.1. The van der Waals surface area contributed by atoms with E-state index in [1.165, 1.54) is 30.6 Å². The van der Waals surface area contributed by atoms with Gasteiger partial charge < -0.3 is 5.32 Å². The largest absolute Gasteiger partial charge is 0.316 e. The third kappa shape index (κ3) is 3.21. The van der Waals surface area contributed by atoms with Crippen molar-refractivity contribution in [1.82, 2.24) is 10.2 Å². The van der Waals surface area contributed by atoms with Gasteiger partial charge in [-0.3, -0.25) is 4.90 Å². The summed E-state index contributed by atoms with van der Waals surface area (Å²) in [4.78, 5) is 2.53. The van der Waals surface area contributed by atoms with E-state index in [-0.39, 0.29) is 12.4 Å². The van der Waals surface area contributed by atoms with Gasteiger partial charge in [-0.05, 0) is 31.5 Å². The summed E-state index contributed by atoms with van der Waals surface area (Å²) in [5.41, 5.74) is 2.87. The van der Waals surface area contributed by atoms with Crippen molar-refractivity contribution in [2.45, 2.75) is 25.9 Å². The first-order chi connectivity index (χ1) is 7.29. The van der Waals surface area contributed by atoms with E-state index in [1.54, 1.807) is 0 Å². The molecule has 0 amide bonds. The van der Waals surface area contributed by atoms with Crippen LogP contribution in [0.1, 0.15) is 17.5 Å². The number of benzene rings is 1. The molecule has 1 unspecified atom stereocenters. The first-order valence-corrected chi connectivity index (χ1v) is 5.73. The van der Waals surface area contributed by atoms with Crippen LogP contribution in [0.3, 0.4) is 0 Å². The molecule has 0 saturated carbocycles.